The first-order valence-electron chi connectivity index (χ1n) is 10.6. The third kappa shape index (κ3) is 5.14. The number of hydrogen-bond acceptors (Lipinski definition) is 6. The average molecular weight is 417 g/mol. The predicted octanol–water partition coefficient (Wildman–Crippen LogP) is 0.861. The van der Waals surface area contributed by atoms with Crippen molar-refractivity contribution >= 4 is 5.91 Å². The van der Waals surface area contributed by atoms with E-state index in [1.54, 1.807) is 7.11 Å². The number of ether oxygens (including phenoxy) is 1. The second-order valence-corrected chi connectivity index (χ2v) is 7.98. The molecular weight excluding hydrogens is 384 g/mol. The van der Waals surface area contributed by atoms with E-state index < -0.39 is 0 Å². The highest BCUT2D eigenvalue weighted by atomic mass is 16.5. The van der Waals surface area contributed by atoms with Gasteiger partial charge >= 0.3 is 5.69 Å². The Bertz CT molecular complexity index is 870. The topological polar surface area (TPSA) is 94.3 Å². The van der Waals surface area contributed by atoms with Crippen LogP contribution in [-0.2, 0) is 22.6 Å². The summed E-state index contributed by atoms with van der Waals surface area (Å²) >= 11 is 0. The van der Waals surface area contributed by atoms with Crippen LogP contribution < -0.4 is 11.0 Å². The zero-order valence-corrected chi connectivity index (χ0v) is 18.1. The maximum atomic E-state index is 12.9. The summed E-state index contributed by atoms with van der Waals surface area (Å²) in [4.78, 5) is 27.3. The fourth-order valence-corrected chi connectivity index (χ4v) is 3.93. The Morgan fingerprint density at radius 3 is 2.43 bits per heavy atom. The average Bonchev–Trinajstić information content (AvgIpc) is 3.13. The van der Waals surface area contributed by atoms with Gasteiger partial charge in [-0.15, -0.1) is 0 Å². The fraction of sp³-hybridized carbons (Fsp3) is 0.619. The van der Waals surface area contributed by atoms with Crippen molar-refractivity contribution in [3.05, 3.63) is 46.4 Å². The van der Waals surface area contributed by atoms with Crippen molar-refractivity contribution in [2.45, 2.75) is 51.2 Å². The van der Waals surface area contributed by atoms with E-state index in [4.69, 9.17) is 4.74 Å². The predicted molar refractivity (Wildman–Crippen MR) is 113 cm³/mol. The molecule has 30 heavy (non-hydrogen) atoms. The number of carbonyl (C=O) groups excluding carboxylic acids is 1. The van der Waals surface area contributed by atoms with E-state index in [2.05, 4.69) is 20.6 Å². The molecule has 1 aromatic carbocycles. The fourth-order valence-electron chi connectivity index (χ4n) is 3.93. The van der Waals surface area contributed by atoms with Crippen LogP contribution in [0.3, 0.4) is 0 Å². The SMILES string of the molecule is CCn1nnn(CCN2CCC(COC)(NC(=O)C(C)c3ccccc3)CC2)c1=O. The quantitative estimate of drug-likeness (QED) is 0.652. The zero-order chi connectivity index (χ0) is 21.6. The number of rotatable bonds is 9. The van der Waals surface area contributed by atoms with Crippen LogP contribution in [0.2, 0.25) is 0 Å². The molecule has 1 saturated heterocycles. The van der Waals surface area contributed by atoms with Crippen molar-refractivity contribution in [3.63, 3.8) is 0 Å². The van der Waals surface area contributed by atoms with E-state index in [-0.39, 0.29) is 23.1 Å². The lowest BCUT2D eigenvalue weighted by Crippen LogP contribution is -2.58. The third-order valence-corrected chi connectivity index (χ3v) is 5.94. The van der Waals surface area contributed by atoms with E-state index in [1.165, 1.54) is 9.36 Å². The van der Waals surface area contributed by atoms with Crippen molar-refractivity contribution < 1.29 is 9.53 Å². The molecule has 1 aliphatic heterocycles. The minimum absolute atomic E-state index is 0.0226. The summed E-state index contributed by atoms with van der Waals surface area (Å²) in [5.74, 6) is -0.194. The molecule has 1 fully saturated rings. The summed E-state index contributed by atoms with van der Waals surface area (Å²) in [7, 11) is 1.67. The number of likely N-dealkylation sites (tertiary alicyclic amines) is 1. The third-order valence-electron chi connectivity index (χ3n) is 5.94. The van der Waals surface area contributed by atoms with Gasteiger partial charge in [0.1, 0.15) is 0 Å². The van der Waals surface area contributed by atoms with Gasteiger partial charge < -0.3 is 15.0 Å². The van der Waals surface area contributed by atoms with E-state index in [0.717, 1.165) is 38.0 Å². The molecule has 1 aromatic heterocycles. The molecule has 1 amide bonds. The number of hydrogen-bond donors (Lipinski definition) is 1. The first-order chi connectivity index (χ1) is 14.5. The number of piperidine rings is 1. The van der Waals surface area contributed by atoms with Gasteiger partial charge in [-0.25, -0.2) is 4.79 Å². The van der Waals surface area contributed by atoms with Gasteiger partial charge in [-0.1, -0.05) is 30.3 Å². The second kappa shape index (κ2) is 9.99. The Hall–Kier alpha value is -2.52. The van der Waals surface area contributed by atoms with Crippen LogP contribution in [-0.4, -0.2) is 69.5 Å². The van der Waals surface area contributed by atoms with Gasteiger partial charge in [0.25, 0.3) is 0 Å². The molecule has 164 valence electrons. The molecule has 9 heteroatoms. The van der Waals surface area contributed by atoms with Crippen molar-refractivity contribution in [1.29, 1.82) is 0 Å². The summed E-state index contributed by atoms with van der Waals surface area (Å²) < 4.78 is 8.22. The summed E-state index contributed by atoms with van der Waals surface area (Å²) in [6, 6.07) is 9.81. The van der Waals surface area contributed by atoms with E-state index in [1.807, 2.05) is 44.2 Å². The molecular formula is C21H32N6O3. The molecule has 3 rings (SSSR count). The van der Waals surface area contributed by atoms with E-state index >= 15 is 0 Å². The molecule has 1 atom stereocenters. The van der Waals surface area contributed by atoms with Gasteiger partial charge in [-0.2, -0.15) is 9.36 Å². The lowest BCUT2D eigenvalue weighted by molar-refractivity contribution is -0.125. The molecule has 1 aliphatic rings. The summed E-state index contributed by atoms with van der Waals surface area (Å²) in [5.41, 5.74) is 0.462. The number of nitrogens with one attached hydrogen (secondary N) is 1. The Morgan fingerprint density at radius 1 is 1.17 bits per heavy atom. The smallest absolute Gasteiger partial charge is 0.363 e. The molecule has 9 nitrogen and oxygen atoms in total. The molecule has 1 N–H and O–H groups in total. The van der Waals surface area contributed by atoms with Crippen LogP contribution in [0.25, 0.3) is 0 Å². The Labute approximate surface area is 177 Å². The van der Waals surface area contributed by atoms with Gasteiger partial charge in [0.2, 0.25) is 5.91 Å². The lowest BCUT2D eigenvalue weighted by atomic mass is 9.87. The van der Waals surface area contributed by atoms with Crippen LogP contribution in [0.4, 0.5) is 0 Å². The van der Waals surface area contributed by atoms with E-state index in [9.17, 15) is 9.59 Å². The first kappa shape index (κ1) is 22.2. The molecule has 0 spiro atoms. The standard InChI is InChI=1S/C21H32N6O3/c1-4-26-20(29)27(24-23-26)15-14-25-12-10-21(11-13-25,16-30-3)22-19(28)17(2)18-8-6-5-7-9-18/h5-9,17H,4,10-16H2,1-3H3,(H,22,28). The highest BCUT2D eigenvalue weighted by Crippen LogP contribution is 2.25. The Balaban J connectivity index is 1.56. The number of nitrogens with zero attached hydrogens (tertiary/aromatic N) is 5. The maximum Gasteiger partial charge on any atom is 0.363 e. The number of aryl methyl sites for hydroxylation is 1. The van der Waals surface area contributed by atoms with E-state index in [0.29, 0.717) is 19.7 Å². The molecule has 0 radical (unpaired) electrons. The second-order valence-electron chi connectivity index (χ2n) is 7.98. The summed E-state index contributed by atoms with van der Waals surface area (Å²) in [6.07, 6.45) is 1.59. The van der Waals surface area contributed by atoms with Crippen LogP contribution in [0.1, 0.15) is 38.2 Å². The molecule has 0 saturated carbocycles. The van der Waals surface area contributed by atoms with Crippen LogP contribution >= 0.6 is 0 Å². The number of amides is 1. The first-order valence-corrected chi connectivity index (χ1v) is 10.6. The Kier molecular flexibility index (Phi) is 7.38. The largest absolute Gasteiger partial charge is 0.382 e. The maximum absolute atomic E-state index is 12.9. The normalized spacial score (nSPS) is 17.6. The minimum Gasteiger partial charge on any atom is -0.382 e. The summed E-state index contributed by atoms with van der Waals surface area (Å²) in [6.45, 7) is 7.67. The highest BCUT2D eigenvalue weighted by Gasteiger charge is 2.37. The molecule has 1 unspecified atom stereocenters. The monoisotopic (exact) mass is 416 g/mol. The van der Waals surface area contributed by atoms with Gasteiger partial charge in [0, 0.05) is 33.3 Å². The van der Waals surface area contributed by atoms with Crippen LogP contribution in [0.5, 0.6) is 0 Å². The van der Waals surface area contributed by atoms with Crippen LogP contribution in [0, 0.1) is 0 Å². The number of methoxy groups -OCH3 is 1. The van der Waals surface area contributed by atoms with Crippen LogP contribution in [0.15, 0.2) is 35.1 Å². The number of benzene rings is 1. The lowest BCUT2D eigenvalue weighted by Gasteiger charge is -2.42. The van der Waals surface area contributed by atoms with Crippen molar-refractivity contribution in [3.8, 4) is 0 Å². The Morgan fingerprint density at radius 2 is 1.83 bits per heavy atom. The molecule has 2 heterocycles. The number of tetrazole rings is 1. The minimum atomic E-state index is -0.368. The highest BCUT2D eigenvalue weighted by molar-refractivity contribution is 5.83. The summed E-state index contributed by atoms with van der Waals surface area (Å²) in [5, 5.41) is 11.1. The van der Waals surface area contributed by atoms with Gasteiger partial charge in [0.15, 0.2) is 0 Å². The zero-order valence-electron chi connectivity index (χ0n) is 18.1. The molecule has 0 aliphatic carbocycles. The van der Waals surface area contributed by atoms with Gasteiger partial charge in [-0.3, -0.25) is 4.79 Å². The van der Waals surface area contributed by atoms with Gasteiger partial charge in [0.05, 0.1) is 24.6 Å². The number of carbonyl (C=O) groups is 1. The van der Waals surface area contributed by atoms with Crippen molar-refractivity contribution in [2.75, 3.05) is 33.4 Å². The number of aromatic nitrogens is 4. The van der Waals surface area contributed by atoms with Gasteiger partial charge in [-0.05, 0) is 42.7 Å². The van der Waals surface area contributed by atoms with Crippen molar-refractivity contribution in [1.82, 2.24) is 30.0 Å². The molecule has 0 bridgehead atoms. The van der Waals surface area contributed by atoms with Crippen molar-refractivity contribution in [2.24, 2.45) is 0 Å². The molecule has 2 aromatic rings.